The largest absolute Gasteiger partial charge is 0.390 e. The number of nitrogen functional groups attached to an aromatic ring is 2. The van der Waals surface area contributed by atoms with Crippen LogP contribution in [0.5, 0.6) is 0 Å². The Morgan fingerprint density at radius 1 is 1.26 bits per heavy atom. The van der Waals surface area contributed by atoms with Gasteiger partial charge in [0, 0.05) is 6.42 Å². The Morgan fingerprint density at radius 3 is 2.63 bits per heavy atom. The van der Waals surface area contributed by atoms with E-state index in [4.69, 9.17) is 11.5 Å². The molecule has 102 valence electrons. The summed E-state index contributed by atoms with van der Waals surface area (Å²) in [6.45, 7) is 0. The number of imidazole rings is 1. The smallest absolute Gasteiger partial charge is 0.224 e. The lowest BCUT2D eigenvalue weighted by atomic mass is 10.2. The van der Waals surface area contributed by atoms with Gasteiger partial charge < -0.3 is 21.1 Å². The Hall–Kier alpha value is -2.03. The molecule has 5 N–H and O–H groups in total. The van der Waals surface area contributed by atoms with E-state index in [0.29, 0.717) is 0 Å². The summed E-state index contributed by atoms with van der Waals surface area (Å²) in [7, 11) is 0. The van der Waals surface area contributed by atoms with Crippen molar-refractivity contribution in [2.75, 3.05) is 11.5 Å². The number of aliphatic hydroxyl groups is 1. The predicted molar refractivity (Wildman–Crippen MR) is 63.6 cm³/mol. The van der Waals surface area contributed by atoms with Gasteiger partial charge in [-0.25, -0.2) is 13.8 Å². The molecule has 3 rings (SSSR count). The number of hydrogen-bond donors (Lipinski definition) is 3. The first-order chi connectivity index (χ1) is 8.99. The van der Waals surface area contributed by atoms with E-state index in [0.717, 1.165) is 0 Å². The molecular weight excluding hydrogens is 258 g/mol. The van der Waals surface area contributed by atoms with Crippen molar-refractivity contribution in [3.8, 4) is 0 Å². The molecule has 9 heteroatoms. The first-order valence-electron chi connectivity index (χ1n) is 5.70. The molecule has 1 aliphatic rings. The molecule has 2 aromatic heterocycles. The highest BCUT2D eigenvalue weighted by atomic mass is 19.2. The summed E-state index contributed by atoms with van der Waals surface area (Å²) in [5.74, 6) is 0.00417. The normalized spacial score (nSPS) is 31.1. The van der Waals surface area contributed by atoms with E-state index >= 15 is 0 Å². The summed E-state index contributed by atoms with van der Waals surface area (Å²) in [6, 6.07) is -0.885. The van der Waals surface area contributed by atoms with Crippen LogP contribution in [0.3, 0.4) is 0 Å². The molecule has 0 aromatic carbocycles. The summed E-state index contributed by atoms with van der Waals surface area (Å²) >= 11 is 0. The lowest BCUT2D eigenvalue weighted by Crippen LogP contribution is -2.23. The van der Waals surface area contributed by atoms with Crippen molar-refractivity contribution >= 4 is 22.9 Å². The highest BCUT2D eigenvalue weighted by Gasteiger charge is 2.45. The monoisotopic (exact) mass is 270 g/mol. The van der Waals surface area contributed by atoms with E-state index in [2.05, 4.69) is 15.0 Å². The summed E-state index contributed by atoms with van der Waals surface area (Å²) in [4.78, 5) is 11.7. The van der Waals surface area contributed by atoms with Crippen molar-refractivity contribution < 1.29 is 13.9 Å². The second-order valence-electron chi connectivity index (χ2n) is 4.55. The molecule has 0 aliphatic heterocycles. The van der Waals surface area contributed by atoms with Gasteiger partial charge in [-0.2, -0.15) is 9.97 Å². The molecule has 0 radical (unpaired) electrons. The van der Waals surface area contributed by atoms with Crippen LogP contribution in [0.15, 0.2) is 6.33 Å². The van der Waals surface area contributed by atoms with Gasteiger partial charge in [0.25, 0.3) is 0 Å². The highest BCUT2D eigenvalue weighted by Crippen LogP contribution is 2.37. The van der Waals surface area contributed by atoms with Crippen LogP contribution >= 0.6 is 0 Å². The van der Waals surface area contributed by atoms with Crippen LogP contribution in [0, 0.1) is 0 Å². The number of halogens is 2. The molecule has 0 spiro atoms. The predicted octanol–water partition coefficient (Wildman–Crippen LogP) is -0.0274. The van der Waals surface area contributed by atoms with Crippen molar-refractivity contribution in [3.05, 3.63) is 6.33 Å². The number of aliphatic hydroxyl groups excluding tert-OH is 1. The van der Waals surface area contributed by atoms with Crippen LogP contribution in [0.4, 0.5) is 20.5 Å². The van der Waals surface area contributed by atoms with Gasteiger partial charge in [-0.05, 0) is 0 Å². The van der Waals surface area contributed by atoms with E-state index in [1.165, 1.54) is 10.9 Å². The number of aromatic nitrogens is 4. The molecule has 0 bridgehead atoms. The maximum Gasteiger partial charge on any atom is 0.224 e. The third kappa shape index (κ3) is 1.69. The Kier molecular flexibility index (Phi) is 2.52. The molecule has 19 heavy (non-hydrogen) atoms. The standard InChI is InChI=1S/C10H12F2N6O/c11-5-3(1-4(19)6(5)12)18-2-15-7-8(13)16-10(14)17-9(7)18/h2-6,19H,1H2,(H4,13,14,16,17)/t3-,4+,5-,6?/m1/s1. The van der Waals surface area contributed by atoms with Crippen LogP contribution in [-0.2, 0) is 0 Å². The average molecular weight is 270 g/mol. The van der Waals surface area contributed by atoms with Gasteiger partial charge in [-0.15, -0.1) is 0 Å². The van der Waals surface area contributed by atoms with E-state index in [9.17, 15) is 13.9 Å². The minimum absolute atomic E-state index is 0.0579. The fourth-order valence-corrected chi connectivity index (χ4v) is 2.40. The first-order valence-corrected chi connectivity index (χ1v) is 5.70. The van der Waals surface area contributed by atoms with Crippen LogP contribution in [0.2, 0.25) is 0 Å². The van der Waals surface area contributed by atoms with Crippen molar-refractivity contribution in [1.29, 1.82) is 0 Å². The number of anilines is 2. The molecule has 4 atom stereocenters. The number of nitrogens with two attached hydrogens (primary N) is 2. The number of nitrogens with zero attached hydrogens (tertiary/aromatic N) is 4. The van der Waals surface area contributed by atoms with Gasteiger partial charge in [0.15, 0.2) is 23.8 Å². The maximum absolute atomic E-state index is 13.8. The molecule has 2 heterocycles. The highest BCUT2D eigenvalue weighted by molar-refractivity contribution is 5.82. The zero-order chi connectivity index (χ0) is 13.7. The van der Waals surface area contributed by atoms with E-state index in [1.807, 2.05) is 0 Å². The summed E-state index contributed by atoms with van der Waals surface area (Å²) in [5, 5.41) is 9.39. The number of fused-ring (bicyclic) bond motifs is 1. The van der Waals surface area contributed by atoms with Crippen molar-refractivity contribution in [2.45, 2.75) is 30.9 Å². The van der Waals surface area contributed by atoms with Crippen LogP contribution in [0.1, 0.15) is 12.5 Å². The second-order valence-corrected chi connectivity index (χ2v) is 4.55. The Balaban J connectivity index is 2.11. The third-order valence-electron chi connectivity index (χ3n) is 3.35. The number of hydrogen-bond acceptors (Lipinski definition) is 6. The fraction of sp³-hybridized carbons (Fsp3) is 0.500. The SMILES string of the molecule is Nc1nc(N)c2ncn([C@@H]3C[C@H](O)C(F)[C@@H]3F)c2n1. The van der Waals surface area contributed by atoms with Gasteiger partial charge in [0.05, 0.1) is 18.5 Å². The van der Waals surface area contributed by atoms with Crippen molar-refractivity contribution in [3.63, 3.8) is 0 Å². The van der Waals surface area contributed by atoms with Crippen LogP contribution in [-0.4, -0.2) is 43.1 Å². The molecule has 7 nitrogen and oxygen atoms in total. The molecule has 0 amide bonds. The Bertz CT molecular complexity index is 632. The summed E-state index contributed by atoms with van der Waals surface area (Å²) in [5.41, 5.74) is 11.6. The minimum atomic E-state index is -1.92. The van der Waals surface area contributed by atoms with Crippen LogP contribution < -0.4 is 11.5 Å². The first kappa shape index (κ1) is 12.0. The van der Waals surface area contributed by atoms with Gasteiger partial charge >= 0.3 is 0 Å². The minimum Gasteiger partial charge on any atom is -0.390 e. The maximum atomic E-state index is 13.8. The van der Waals surface area contributed by atoms with Crippen LogP contribution in [0.25, 0.3) is 11.2 Å². The van der Waals surface area contributed by atoms with Gasteiger partial charge in [0.2, 0.25) is 5.95 Å². The van der Waals surface area contributed by atoms with Crippen molar-refractivity contribution in [2.24, 2.45) is 0 Å². The molecule has 1 aliphatic carbocycles. The topological polar surface area (TPSA) is 116 Å². The Labute approximate surface area is 106 Å². The van der Waals surface area contributed by atoms with E-state index < -0.39 is 24.5 Å². The second kappa shape index (κ2) is 3.98. The Morgan fingerprint density at radius 2 is 2.00 bits per heavy atom. The summed E-state index contributed by atoms with van der Waals surface area (Å²) < 4.78 is 28.5. The van der Waals surface area contributed by atoms with Gasteiger partial charge in [0.1, 0.15) is 5.52 Å². The van der Waals surface area contributed by atoms with E-state index in [-0.39, 0.29) is 29.4 Å². The quantitative estimate of drug-likeness (QED) is 0.670. The van der Waals surface area contributed by atoms with Gasteiger partial charge in [-0.1, -0.05) is 0 Å². The van der Waals surface area contributed by atoms with E-state index in [1.54, 1.807) is 0 Å². The zero-order valence-corrected chi connectivity index (χ0v) is 9.74. The molecule has 1 fully saturated rings. The zero-order valence-electron chi connectivity index (χ0n) is 9.74. The van der Waals surface area contributed by atoms with Gasteiger partial charge in [-0.3, -0.25) is 0 Å². The lowest BCUT2D eigenvalue weighted by molar-refractivity contribution is 0.0705. The summed E-state index contributed by atoms with van der Waals surface area (Å²) in [6.07, 6.45) is -3.84. The molecule has 2 aromatic rings. The fourth-order valence-electron chi connectivity index (χ4n) is 2.40. The lowest BCUT2D eigenvalue weighted by Gasteiger charge is -2.15. The van der Waals surface area contributed by atoms with Crippen molar-refractivity contribution in [1.82, 2.24) is 19.5 Å². The molecular formula is C10H12F2N6O. The molecule has 0 saturated heterocycles. The average Bonchev–Trinajstić information content (AvgIpc) is 2.86. The third-order valence-corrected chi connectivity index (χ3v) is 3.35. The molecule has 1 unspecified atom stereocenters. The number of alkyl halides is 2. The number of rotatable bonds is 1. The molecule has 1 saturated carbocycles.